The normalized spacial score (nSPS) is 26.4. The minimum absolute atomic E-state index is 0.105. The third-order valence-corrected chi connectivity index (χ3v) is 8.67. The highest BCUT2D eigenvalue weighted by molar-refractivity contribution is 6.30. The zero-order valence-corrected chi connectivity index (χ0v) is 20.9. The Bertz CT molecular complexity index is 1100. The summed E-state index contributed by atoms with van der Waals surface area (Å²) >= 11 is 6.36. The minimum Gasteiger partial charge on any atom is -0.490 e. The highest BCUT2D eigenvalue weighted by atomic mass is 35.5. The van der Waals surface area contributed by atoms with Gasteiger partial charge in [-0.3, -0.25) is 0 Å². The molecule has 180 valence electrons. The molecule has 1 aliphatic heterocycles. The van der Waals surface area contributed by atoms with Gasteiger partial charge < -0.3 is 14.4 Å². The predicted molar refractivity (Wildman–Crippen MR) is 137 cm³/mol. The number of hydrogen-bond donors (Lipinski definition) is 0. The Labute approximate surface area is 207 Å². The predicted octanol–water partition coefficient (Wildman–Crippen LogP) is 6.45. The van der Waals surface area contributed by atoms with Crippen LogP contribution in [0.2, 0.25) is 5.02 Å². The second kappa shape index (κ2) is 9.30. The van der Waals surface area contributed by atoms with E-state index in [-0.39, 0.29) is 11.4 Å². The first-order valence-electron chi connectivity index (χ1n) is 12.5. The second-order valence-electron chi connectivity index (χ2n) is 10.4. The van der Waals surface area contributed by atoms with Crippen molar-refractivity contribution in [3.63, 3.8) is 0 Å². The largest absolute Gasteiger partial charge is 0.490 e. The number of fused-ring (bicyclic) bond motifs is 3. The van der Waals surface area contributed by atoms with Crippen LogP contribution in [-0.4, -0.2) is 32.8 Å². The molecule has 5 rings (SSSR count). The van der Waals surface area contributed by atoms with Crippen molar-refractivity contribution in [3.8, 4) is 5.75 Å². The Morgan fingerprint density at radius 1 is 1.32 bits per heavy atom. The molecule has 5 heteroatoms. The molecule has 2 aliphatic carbocycles. The molecule has 0 saturated heterocycles. The van der Waals surface area contributed by atoms with Gasteiger partial charge in [0.25, 0.3) is 0 Å². The molecule has 0 amide bonds. The Hall–Kier alpha value is -2.46. The van der Waals surface area contributed by atoms with Gasteiger partial charge in [-0.2, -0.15) is 0 Å². The Morgan fingerprint density at radius 3 is 2.91 bits per heavy atom. The molecule has 0 N–H and O–H groups in total. The lowest BCUT2D eigenvalue weighted by molar-refractivity contribution is 0.0600. The number of aryl methyl sites for hydroxylation is 1. The molecule has 1 saturated carbocycles. The number of carbonyl (C=O) groups is 1. The molecule has 4 atom stereocenters. The summed E-state index contributed by atoms with van der Waals surface area (Å²) in [4.78, 5) is 14.8. The maximum absolute atomic E-state index is 12.3. The van der Waals surface area contributed by atoms with Crippen LogP contribution >= 0.6 is 11.6 Å². The number of allylic oxidation sites excluding steroid dienone is 1. The summed E-state index contributed by atoms with van der Waals surface area (Å²) < 4.78 is 11.5. The second-order valence-corrected chi connectivity index (χ2v) is 10.8. The summed E-state index contributed by atoms with van der Waals surface area (Å²) in [6, 6.07) is 12.0. The third-order valence-electron chi connectivity index (χ3n) is 8.44. The molecule has 0 radical (unpaired) electrons. The van der Waals surface area contributed by atoms with E-state index in [4.69, 9.17) is 21.1 Å². The van der Waals surface area contributed by atoms with Crippen molar-refractivity contribution in [3.05, 3.63) is 70.8 Å². The van der Waals surface area contributed by atoms with Gasteiger partial charge in [-0.15, -0.1) is 6.58 Å². The van der Waals surface area contributed by atoms with Crippen LogP contribution in [0.15, 0.2) is 49.1 Å². The fraction of sp³-hybridized carbons (Fsp3) is 0.483. The van der Waals surface area contributed by atoms with E-state index >= 15 is 0 Å². The summed E-state index contributed by atoms with van der Waals surface area (Å²) in [5.41, 5.74) is 4.15. The van der Waals surface area contributed by atoms with Crippen LogP contribution < -0.4 is 9.64 Å². The van der Waals surface area contributed by atoms with Crippen molar-refractivity contribution < 1.29 is 14.3 Å². The molecule has 0 bridgehead atoms. The number of hydrogen-bond acceptors (Lipinski definition) is 4. The molecule has 1 heterocycles. The van der Waals surface area contributed by atoms with Gasteiger partial charge in [0.05, 0.1) is 25.0 Å². The van der Waals surface area contributed by atoms with E-state index in [0.717, 1.165) is 48.8 Å². The molecule has 1 fully saturated rings. The number of halogens is 1. The topological polar surface area (TPSA) is 38.8 Å². The molecule has 2 aromatic rings. The fourth-order valence-corrected chi connectivity index (χ4v) is 6.53. The fourth-order valence-electron chi connectivity index (χ4n) is 6.33. The molecule has 1 spiro atoms. The van der Waals surface area contributed by atoms with E-state index in [1.807, 2.05) is 18.2 Å². The lowest BCUT2D eigenvalue weighted by Gasteiger charge is -2.45. The lowest BCUT2D eigenvalue weighted by Crippen LogP contribution is -2.48. The zero-order chi connectivity index (χ0) is 23.9. The summed E-state index contributed by atoms with van der Waals surface area (Å²) in [6.07, 6.45) is 7.82. The van der Waals surface area contributed by atoms with Crippen molar-refractivity contribution in [2.24, 2.45) is 17.8 Å². The average molecular weight is 480 g/mol. The van der Waals surface area contributed by atoms with Crippen LogP contribution in [0, 0.1) is 17.8 Å². The summed E-state index contributed by atoms with van der Waals surface area (Å²) in [5, 5.41) is 0.795. The molecular weight excluding hydrogens is 446 g/mol. The van der Waals surface area contributed by atoms with Gasteiger partial charge in [0, 0.05) is 23.5 Å². The Kier molecular flexibility index (Phi) is 6.37. The van der Waals surface area contributed by atoms with Crippen LogP contribution in [0.3, 0.4) is 0 Å². The van der Waals surface area contributed by atoms with E-state index in [1.165, 1.54) is 31.1 Å². The number of methoxy groups -OCH3 is 1. The SMILES string of the molecule is C=C[C@H](C)[C@@H]1CC[C@H]1CN1C[C@@]2(CCCc3cc(Cl)ccc32)COc2ccc(C(=O)OC)cc21. The van der Waals surface area contributed by atoms with Crippen molar-refractivity contribution in [1.82, 2.24) is 0 Å². The van der Waals surface area contributed by atoms with Gasteiger partial charge in [0.15, 0.2) is 0 Å². The number of ether oxygens (including phenoxy) is 2. The summed E-state index contributed by atoms with van der Waals surface area (Å²) in [5.74, 6) is 2.29. The first-order valence-corrected chi connectivity index (χ1v) is 12.8. The van der Waals surface area contributed by atoms with Crippen molar-refractivity contribution in [2.45, 2.75) is 44.4 Å². The molecular formula is C29H34ClNO3. The van der Waals surface area contributed by atoms with Crippen LogP contribution in [0.25, 0.3) is 0 Å². The highest BCUT2D eigenvalue weighted by Gasteiger charge is 2.43. The van der Waals surface area contributed by atoms with Crippen molar-refractivity contribution >= 4 is 23.3 Å². The standard InChI is InChI=1S/C29H34ClNO3/c1-4-19(2)24-10-7-22(24)16-31-17-29(13-5-6-20-14-23(30)9-11-25(20)29)18-34-27-12-8-21(15-26(27)31)28(32)33-3/h4,8-9,11-12,14-15,19,22,24H,1,5-7,10,13,16-18H2,2-3H3/t19-,22-,24-,29-/m0/s1. The third kappa shape index (κ3) is 4.11. The molecule has 0 aromatic heterocycles. The number of esters is 1. The molecule has 34 heavy (non-hydrogen) atoms. The smallest absolute Gasteiger partial charge is 0.337 e. The van der Waals surface area contributed by atoms with Gasteiger partial charge >= 0.3 is 5.97 Å². The number of nitrogens with zero attached hydrogens (tertiary/aromatic N) is 1. The van der Waals surface area contributed by atoms with E-state index in [9.17, 15) is 4.79 Å². The summed E-state index contributed by atoms with van der Waals surface area (Å²) in [7, 11) is 1.43. The summed E-state index contributed by atoms with van der Waals surface area (Å²) in [6.45, 7) is 8.76. The average Bonchev–Trinajstić information content (AvgIpc) is 2.98. The number of anilines is 1. The Balaban J connectivity index is 1.55. The van der Waals surface area contributed by atoms with Gasteiger partial charge in [-0.25, -0.2) is 4.79 Å². The van der Waals surface area contributed by atoms with Crippen LogP contribution in [0.1, 0.15) is 54.1 Å². The number of carbonyl (C=O) groups excluding carboxylic acids is 1. The number of benzene rings is 2. The van der Waals surface area contributed by atoms with Crippen LogP contribution in [-0.2, 0) is 16.6 Å². The molecule has 4 nitrogen and oxygen atoms in total. The van der Waals surface area contributed by atoms with Gasteiger partial charge in [-0.1, -0.05) is 30.7 Å². The first kappa shape index (κ1) is 23.3. The van der Waals surface area contributed by atoms with Gasteiger partial charge in [0.2, 0.25) is 0 Å². The molecule has 2 aromatic carbocycles. The van der Waals surface area contributed by atoms with E-state index in [0.29, 0.717) is 29.9 Å². The quantitative estimate of drug-likeness (QED) is 0.365. The lowest BCUT2D eigenvalue weighted by atomic mass is 9.66. The van der Waals surface area contributed by atoms with Crippen LogP contribution in [0.4, 0.5) is 5.69 Å². The number of rotatable bonds is 5. The Morgan fingerprint density at radius 2 is 2.18 bits per heavy atom. The van der Waals surface area contributed by atoms with Crippen LogP contribution in [0.5, 0.6) is 5.75 Å². The van der Waals surface area contributed by atoms with E-state index in [1.54, 1.807) is 6.07 Å². The maximum atomic E-state index is 12.3. The molecule has 0 unspecified atom stereocenters. The van der Waals surface area contributed by atoms with Gasteiger partial charge in [-0.05, 0) is 91.3 Å². The van der Waals surface area contributed by atoms with Gasteiger partial charge in [0.1, 0.15) is 5.75 Å². The highest BCUT2D eigenvalue weighted by Crippen LogP contribution is 2.47. The monoisotopic (exact) mass is 479 g/mol. The van der Waals surface area contributed by atoms with Crippen molar-refractivity contribution in [1.29, 1.82) is 0 Å². The minimum atomic E-state index is -0.318. The zero-order valence-electron chi connectivity index (χ0n) is 20.2. The van der Waals surface area contributed by atoms with Crippen molar-refractivity contribution in [2.75, 3.05) is 31.7 Å². The maximum Gasteiger partial charge on any atom is 0.337 e. The van der Waals surface area contributed by atoms with E-state index < -0.39 is 0 Å². The van der Waals surface area contributed by atoms with E-state index in [2.05, 4.69) is 36.6 Å². The molecule has 3 aliphatic rings. The first-order chi connectivity index (χ1) is 16.4.